The van der Waals surface area contributed by atoms with Crippen molar-refractivity contribution in [3.8, 4) is 28.7 Å². The summed E-state index contributed by atoms with van der Waals surface area (Å²) in [5, 5.41) is 0. The third-order valence-electron chi connectivity index (χ3n) is 5.27. The van der Waals surface area contributed by atoms with E-state index in [1.807, 2.05) is 6.92 Å². The van der Waals surface area contributed by atoms with Gasteiger partial charge in [0.15, 0.2) is 23.0 Å². The summed E-state index contributed by atoms with van der Waals surface area (Å²) in [6.07, 6.45) is 3.56. The molecular weight excluding hydrogens is 470 g/mol. The van der Waals surface area contributed by atoms with E-state index in [0.29, 0.717) is 40.0 Å². The minimum atomic E-state index is -3.85. The number of hydrogen-bond donors (Lipinski definition) is 1. The lowest BCUT2D eigenvalue weighted by molar-refractivity contribution is 0.324. The first-order valence-electron chi connectivity index (χ1n) is 10.6. The Hall–Kier alpha value is -3.85. The molecule has 3 aromatic carbocycles. The minimum absolute atomic E-state index is 0.150. The highest BCUT2D eigenvalue weighted by molar-refractivity contribution is 7.92. The smallest absolute Gasteiger partial charge is 0.261 e. The molecule has 9 heteroatoms. The van der Waals surface area contributed by atoms with Crippen molar-refractivity contribution >= 4 is 27.9 Å². The van der Waals surface area contributed by atoms with Crippen LogP contribution in [0.4, 0.5) is 5.69 Å². The Labute approximate surface area is 206 Å². The molecule has 3 aromatic rings. The molecule has 0 aliphatic heterocycles. The lowest BCUT2D eigenvalue weighted by Crippen LogP contribution is -2.14. The van der Waals surface area contributed by atoms with E-state index in [2.05, 4.69) is 4.72 Å². The molecule has 0 amide bonds. The molecular formula is C26H29NO7S. The maximum Gasteiger partial charge on any atom is 0.261 e. The molecule has 0 fully saturated rings. The molecule has 0 saturated carbocycles. The highest BCUT2D eigenvalue weighted by atomic mass is 32.2. The summed E-state index contributed by atoms with van der Waals surface area (Å²) in [7, 11) is 3.77. The van der Waals surface area contributed by atoms with Gasteiger partial charge in [-0.25, -0.2) is 8.42 Å². The number of aryl methyl sites for hydroxylation is 1. The van der Waals surface area contributed by atoms with Crippen LogP contribution in [0.3, 0.4) is 0 Å². The lowest BCUT2D eigenvalue weighted by atomic mass is 10.1. The molecule has 0 aliphatic carbocycles. The summed E-state index contributed by atoms with van der Waals surface area (Å²) in [4.78, 5) is 0.150. The summed E-state index contributed by atoms with van der Waals surface area (Å²) in [5.74, 6) is 2.32. The molecule has 0 heterocycles. The third kappa shape index (κ3) is 5.81. The van der Waals surface area contributed by atoms with Crippen LogP contribution in [0.15, 0.2) is 53.4 Å². The predicted molar refractivity (Wildman–Crippen MR) is 137 cm³/mol. The van der Waals surface area contributed by atoms with Gasteiger partial charge in [-0.3, -0.25) is 4.72 Å². The van der Waals surface area contributed by atoms with Gasteiger partial charge in [0, 0.05) is 11.6 Å². The zero-order chi connectivity index (χ0) is 25.6. The molecule has 35 heavy (non-hydrogen) atoms. The maximum atomic E-state index is 13.1. The van der Waals surface area contributed by atoms with Crippen LogP contribution >= 0.6 is 0 Å². The van der Waals surface area contributed by atoms with Gasteiger partial charge in [0.2, 0.25) is 5.75 Å². The standard InChI is InChI=1S/C26H29NO7S/c1-17-7-11-20(12-8-17)35(28,29)27-21-16-23(31-3)22(30-2)15-19(21)10-9-18-13-24(32-4)26(34-6)25(14-18)33-5/h7-16,27H,1-6H3. The predicted octanol–water partition coefficient (Wildman–Crippen LogP) is 5.01. The van der Waals surface area contributed by atoms with Crippen molar-refractivity contribution in [1.29, 1.82) is 0 Å². The number of methoxy groups -OCH3 is 5. The van der Waals surface area contributed by atoms with Crippen molar-refractivity contribution in [3.63, 3.8) is 0 Å². The van der Waals surface area contributed by atoms with Gasteiger partial charge in [0.25, 0.3) is 10.0 Å². The fourth-order valence-corrected chi connectivity index (χ4v) is 4.50. The van der Waals surface area contributed by atoms with Crippen molar-refractivity contribution in [2.24, 2.45) is 0 Å². The Balaban J connectivity index is 2.08. The average Bonchev–Trinajstić information content (AvgIpc) is 2.86. The first-order valence-corrected chi connectivity index (χ1v) is 12.1. The highest BCUT2D eigenvalue weighted by Gasteiger charge is 2.18. The van der Waals surface area contributed by atoms with Gasteiger partial charge in [-0.05, 0) is 42.8 Å². The van der Waals surface area contributed by atoms with Crippen LogP contribution in [0.2, 0.25) is 0 Å². The topological polar surface area (TPSA) is 92.3 Å². The molecule has 0 aromatic heterocycles. The number of sulfonamides is 1. The second-order valence-electron chi connectivity index (χ2n) is 7.50. The lowest BCUT2D eigenvalue weighted by Gasteiger charge is -2.15. The third-order valence-corrected chi connectivity index (χ3v) is 6.66. The van der Waals surface area contributed by atoms with Crippen LogP contribution in [-0.4, -0.2) is 44.0 Å². The zero-order valence-corrected chi connectivity index (χ0v) is 21.4. The van der Waals surface area contributed by atoms with E-state index in [1.165, 1.54) is 35.5 Å². The van der Waals surface area contributed by atoms with Gasteiger partial charge in [0.1, 0.15) is 0 Å². The van der Waals surface area contributed by atoms with Gasteiger partial charge < -0.3 is 23.7 Å². The van der Waals surface area contributed by atoms with Gasteiger partial charge in [0.05, 0.1) is 46.1 Å². The Bertz CT molecular complexity index is 1290. The quantitative estimate of drug-likeness (QED) is 0.392. The average molecular weight is 500 g/mol. The number of nitrogens with one attached hydrogen (secondary N) is 1. The maximum absolute atomic E-state index is 13.1. The normalized spacial score (nSPS) is 11.3. The number of benzene rings is 3. The fraction of sp³-hybridized carbons (Fsp3) is 0.231. The SMILES string of the molecule is COc1cc(C=Cc2cc(OC)c(OC)c(OC)c2)c(NS(=O)(=O)c2ccc(C)cc2)cc1OC. The molecule has 0 saturated heterocycles. The summed E-state index contributed by atoms with van der Waals surface area (Å²) >= 11 is 0. The van der Waals surface area contributed by atoms with Crippen molar-refractivity contribution in [2.45, 2.75) is 11.8 Å². The summed E-state index contributed by atoms with van der Waals surface area (Å²) in [6.45, 7) is 1.89. The Morgan fingerprint density at radius 2 is 1.23 bits per heavy atom. The summed E-state index contributed by atoms with van der Waals surface area (Å²) in [6, 6.07) is 13.5. The van der Waals surface area contributed by atoms with Gasteiger partial charge in [-0.1, -0.05) is 29.8 Å². The zero-order valence-electron chi connectivity index (χ0n) is 20.5. The van der Waals surface area contributed by atoms with Crippen LogP contribution in [0.5, 0.6) is 28.7 Å². The van der Waals surface area contributed by atoms with Gasteiger partial charge in [-0.2, -0.15) is 0 Å². The molecule has 0 bridgehead atoms. The van der Waals surface area contributed by atoms with Crippen LogP contribution in [0.25, 0.3) is 12.2 Å². The number of rotatable bonds is 10. The van der Waals surface area contributed by atoms with Crippen molar-refractivity contribution in [2.75, 3.05) is 40.3 Å². The van der Waals surface area contributed by atoms with E-state index in [0.717, 1.165) is 11.1 Å². The summed E-state index contributed by atoms with van der Waals surface area (Å²) in [5.41, 5.74) is 2.60. The molecule has 186 valence electrons. The first-order chi connectivity index (χ1) is 16.8. The molecule has 0 spiro atoms. The first kappa shape index (κ1) is 25.8. The molecule has 8 nitrogen and oxygen atoms in total. The largest absolute Gasteiger partial charge is 0.493 e. The van der Waals surface area contributed by atoms with E-state index in [1.54, 1.807) is 60.7 Å². The number of hydrogen-bond acceptors (Lipinski definition) is 7. The molecule has 3 rings (SSSR count). The molecule has 0 aliphatic rings. The Morgan fingerprint density at radius 1 is 0.686 bits per heavy atom. The van der Waals surface area contributed by atoms with Gasteiger partial charge >= 0.3 is 0 Å². The Kier molecular flexibility index (Phi) is 8.14. The van der Waals surface area contributed by atoms with Crippen LogP contribution in [0.1, 0.15) is 16.7 Å². The van der Waals surface area contributed by atoms with E-state index < -0.39 is 10.0 Å². The highest BCUT2D eigenvalue weighted by Crippen LogP contribution is 2.39. The van der Waals surface area contributed by atoms with E-state index >= 15 is 0 Å². The second kappa shape index (κ2) is 11.1. The fourth-order valence-electron chi connectivity index (χ4n) is 3.43. The van der Waals surface area contributed by atoms with Gasteiger partial charge in [-0.15, -0.1) is 0 Å². The van der Waals surface area contributed by atoms with E-state index in [4.69, 9.17) is 23.7 Å². The van der Waals surface area contributed by atoms with Crippen molar-refractivity contribution in [1.82, 2.24) is 0 Å². The van der Waals surface area contributed by atoms with Crippen LogP contribution < -0.4 is 28.4 Å². The number of anilines is 1. The molecule has 0 radical (unpaired) electrons. The van der Waals surface area contributed by atoms with Crippen molar-refractivity contribution < 1.29 is 32.1 Å². The molecule has 1 N–H and O–H groups in total. The number of ether oxygens (including phenoxy) is 5. The minimum Gasteiger partial charge on any atom is -0.493 e. The monoisotopic (exact) mass is 499 g/mol. The van der Waals surface area contributed by atoms with Crippen molar-refractivity contribution in [3.05, 3.63) is 65.2 Å². The summed E-state index contributed by atoms with van der Waals surface area (Å²) < 4.78 is 55.8. The van der Waals surface area contributed by atoms with E-state index in [-0.39, 0.29) is 4.90 Å². The second-order valence-corrected chi connectivity index (χ2v) is 9.19. The van der Waals surface area contributed by atoms with Crippen LogP contribution in [0, 0.1) is 6.92 Å². The molecule has 0 atom stereocenters. The Morgan fingerprint density at radius 3 is 1.74 bits per heavy atom. The molecule has 0 unspecified atom stereocenters. The van der Waals surface area contributed by atoms with Crippen LogP contribution in [-0.2, 0) is 10.0 Å². The van der Waals surface area contributed by atoms with E-state index in [9.17, 15) is 8.42 Å².